The average Bonchev–Trinajstić information content (AvgIpc) is 2.99. The number of carbonyl (C=O) groups is 1. The molecule has 0 fully saturated rings. The van der Waals surface area contributed by atoms with Crippen molar-refractivity contribution in [2.24, 2.45) is 0 Å². The molecule has 0 atom stereocenters. The van der Waals surface area contributed by atoms with Gasteiger partial charge in [0.1, 0.15) is 23.9 Å². The van der Waals surface area contributed by atoms with Crippen molar-refractivity contribution < 1.29 is 9.53 Å². The number of hydrogen-bond donors (Lipinski definition) is 1. The van der Waals surface area contributed by atoms with Crippen molar-refractivity contribution in [3.63, 3.8) is 0 Å². The first-order valence-electron chi connectivity index (χ1n) is 7.72. The van der Waals surface area contributed by atoms with Gasteiger partial charge >= 0.3 is 5.97 Å². The second-order valence-electron chi connectivity index (χ2n) is 5.59. The van der Waals surface area contributed by atoms with Crippen molar-refractivity contribution in [3.8, 4) is 0 Å². The SMILES string of the molecule is COC(=O)Cn1cc(CNc2nc(C)nc3c2CCCC3)nn1. The van der Waals surface area contributed by atoms with E-state index < -0.39 is 0 Å². The molecule has 0 aromatic carbocycles. The molecule has 122 valence electrons. The van der Waals surface area contributed by atoms with E-state index in [1.54, 1.807) is 6.20 Å². The standard InChI is InChI=1S/C15H20N6O2/c1-10-17-13-6-4-3-5-12(13)15(18-10)16-7-11-8-21(20-19-11)9-14(22)23-2/h8H,3-7,9H2,1-2H3,(H,16,17,18). The van der Waals surface area contributed by atoms with Gasteiger partial charge in [0.25, 0.3) is 0 Å². The van der Waals surface area contributed by atoms with Gasteiger partial charge in [-0.05, 0) is 32.6 Å². The maximum Gasteiger partial charge on any atom is 0.327 e. The Morgan fingerprint density at radius 3 is 3.00 bits per heavy atom. The zero-order valence-electron chi connectivity index (χ0n) is 13.4. The van der Waals surface area contributed by atoms with E-state index in [9.17, 15) is 4.79 Å². The summed E-state index contributed by atoms with van der Waals surface area (Å²) in [5, 5.41) is 11.3. The van der Waals surface area contributed by atoms with Gasteiger partial charge in [-0.3, -0.25) is 4.79 Å². The summed E-state index contributed by atoms with van der Waals surface area (Å²) in [5.41, 5.74) is 3.11. The fraction of sp³-hybridized carbons (Fsp3) is 0.533. The van der Waals surface area contributed by atoms with Crippen molar-refractivity contribution in [1.29, 1.82) is 0 Å². The summed E-state index contributed by atoms with van der Waals surface area (Å²) in [7, 11) is 1.35. The molecule has 0 amide bonds. The number of nitrogens with zero attached hydrogens (tertiary/aromatic N) is 5. The normalized spacial score (nSPS) is 13.5. The number of methoxy groups -OCH3 is 1. The Bertz CT molecular complexity index is 712. The number of esters is 1. The molecular weight excluding hydrogens is 296 g/mol. The number of anilines is 1. The Hall–Kier alpha value is -2.51. The average molecular weight is 316 g/mol. The maximum atomic E-state index is 11.2. The topological polar surface area (TPSA) is 94.8 Å². The Labute approximate surface area is 134 Å². The fourth-order valence-corrected chi connectivity index (χ4v) is 2.73. The molecule has 0 spiro atoms. The van der Waals surface area contributed by atoms with Gasteiger partial charge < -0.3 is 10.1 Å². The molecule has 2 aromatic rings. The van der Waals surface area contributed by atoms with Gasteiger partial charge in [0.15, 0.2) is 0 Å². The van der Waals surface area contributed by atoms with Gasteiger partial charge in [0.05, 0.1) is 19.9 Å². The lowest BCUT2D eigenvalue weighted by Gasteiger charge is -2.18. The highest BCUT2D eigenvalue weighted by molar-refractivity contribution is 5.68. The maximum absolute atomic E-state index is 11.2. The minimum atomic E-state index is -0.352. The minimum Gasteiger partial charge on any atom is -0.468 e. The lowest BCUT2D eigenvalue weighted by Crippen LogP contribution is -2.14. The van der Waals surface area contributed by atoms with Crippen LogP contribution >= 0.6 is 0 Å². The molecule has 2 heterocycles. The van der Waals surface area contributed by atoms with Crippen molar-refractivity contribution in [1.82, 2.24) is 25.0 Å². The van der Waals surface area contributed by atoms with E-state index in [0.717, 1.165) is 35.9 Å². The van der Waals surface area contributed by atoms with E-state index in [0.29, 0.717) is 6.54 Å². The second kappa shape index (κ2) is 6.72. The molecule has 23 heavy (non-hydrogen) atoms. The number of carbonyl (C=O) groups excluding carboxylic acids is 1. The molecule has 8 heteroatoms. The first kappa shape index (κ1) is 15.4. The molecule has 0 unspecified atom stereocenters. The van der Waals surface area contributed by atoms with Crippen LogP contribution in [-0.4, -0.2) is 38.0 Å². The van der Waals surface area contributed by atoms with E-state index in [4.69, 9.17) is 0 Å². The number of rotatable bonds is 5. The van der Waals surface area contributed by atoms with Gasteiger partial charge in [-0.25, -0.2) is 14.6 Å². The van der Waals surface area contributed by atoms with Crippen molar-refractivity contribution >= 4 is 11.8 Å². The molecule has 0 saturated heterocycles. The van der Waals surface area contributed by atoms with Crippen LogP contribution in [-0.2, 0) is 35.5 Å². The van der Waals surface area contributed by atoms with Crippen LogP contribution in [0.1, 0.15) is 35.6 Å². The smallest absolute Gasteiger partial charge is 0.327 e. The Morgan fingerprint density at radius 1 is 1.35 bits per heavy atom. The monoisotopic (exact) mass is 316 g/mol. The predicted octanol–water partition coefficient (Wildman–Crippen LogP) is 1.04. The molecule has 0 aliphatic heterocycles. The number of fused-ring (bicyclic) bond motifs is 1. The third-order valence-corrected chi connectivity index (χ3v) is 3.84. The van der Waals surface area contributed by atoms with Crippen LogP contribution < -0.4 is 5.32 Å². The second-order valence-corrected chi connectivity index (χ2v) is 5.59. The number of aromatic nitrogens is 5. The predicted molar refractivity (Wildman–Crippen MR) is 82.8 cm³/mol. The zero-order chi connectivity index (χ0) is 16.2. The lowest BCUT2D eigenvalue weighted by molar-refractivity contribution is -0.141. The molecule has 3 rings (SSSR count). The van der Waals surface area contributed by atoms with Gasteiger partial charge in [-0.15, -0.1) is 5.10 Å². The van der Waals surface area contributed by atoms with E-state index >= 15 is 0 Å². The molecule has 1 aliphatic carbocycles. The highest BCUT2D eigenvalue weighted by Gasteiger charge is 2.17. The highest BCUT2D eigenvalue weighted by atomic mass is 16.5. The summed E-state index contributed by atoms with van der Waals surface area (Å²) in [6.45, 7) is 2.47. The largest absolute Gasteiger partial charge is 0.468 e. The summed E-state index contributed by atoms with van der Waals surface area (Å²) < 4.78 is 6.07. The van der Waals surface area contributed by atoms with Gasteiger partial charge in [0, 0.05) is 11.3 Å². The number of hydrogen-bond acceptors (Lipinski definition) is 7. The van der Waals surface area contributed by atoms with Crippen LogP contribution in [0.15, 0.2) is 6.20 Å². The van der Waals surface area contributed by atoms with Gasteiger partial charge in [-0.1, -0.05) is 5.21 Å². The Balaban J connectivity index is 1.69. The van der Waals surface area contributed by atoms with Crippen LogP contribution in [0.5, 0.6) is 0 Å². The molecular formula is C15H20N6O2. The van der Waals surface area contributed by atoms with Crippen LogP contribution in [0.4, 0.5) is 5.82 Å². The molecule has 0 radical (unpaired) electrons. The van der Waals surface area contributed by atoms with Gasteiger partial charge in [-0.2, -0.15) is 0 Å². The first-order valence-corrected chi connectivity index (χ1v) is 7.72. The third-order valence-electron chi connectivity index (χ3n) is 3.84. The number of nitrogens with one attached hydrogen (secondary N) is 1. The molecule has 1 N–H and O–H groups in total. The Kier molecular flexibility index (Phi) is 4.50. The van der Waals surface area contributed by atoms with Crippen molar-refractivity contribution in [3.05, 3.63) is 29.0 Å². The van der Waals surface area contributed by atoms with Gasteiger partial charge in [0.2, 0.25) is 0 Å². The summed E-state index contributed by atoms with van der Waals surface area (Å²) in [6.07, 6.45) is 6.11. The van der Waals surface area contributed by atoms with E-state index in [-0.39, 0.29) is 12.5 Å². The molecule has 0 bridgehead atoms. The fourth-order valence-electron chi connectivity index (χ4n) is 2.73. The van der Waals surface area contributed by atoms with Crippen LogP contribution in [0.25, 0.3) is 0 Å². The van der Waals surface area contributed by atoms with Crippen LogP contribution in [0.2, 0.25) is 0 Å². The summed E-state index contributed by atoms with van der Waals surface area (Å²) in [6, 6.07) is 0. The third kappa shape index (κ3) is 3.64. The van der Waals surface area contributed by atoms with Crippen molar-refractivity contribution in [2.45, 2.75) is 45.7 Å². The molecule has 1 aliphatic rings. The number of ether oxygens (including phenoxy) is 1. The molecule has 8 nitrogen and oxygen atoms in total. The van der Waals surface area contributed by atoms with E-state index in [2.05, 4.69) is 30.3 Å². The quantitative estimate of drug-likeness (QED) is 0.823. The first-order chi connectivity index (χ1) is 11.2. The highest BCUT2D eigenvalue weighted by Crippen LogP contribution is 2.25. The summed E-state index contributed by atoms with van der Waals surface area (Å²) in [4.78, 5) is 20.3. The Morgan fingerprint density at radius 2 is 2.17 bits per heavy atom. The minimum absolute atomic E-state index is 0.0610. The van der Waals surface area contributed by atoms with E-state index in [1.165, 1.54) is 30.2 Å². The number of aryl methyl sites for hydroxylation is 2. The van der Waals surface area contributed by atoms with Crippen molar-refractivity contribution in [2.75, 3.05) is 12.4 Å². The molecule has 0 saturated carbocycles. The summed E-state index contributed by atoms with van der Waals surface area (Å²) >= 11 is 0. The zero-order valence-corrected chi connectivity index (χ0v) is 13.4. The van der Waals surface area contributed by atoms with E-state index in [1.807, 2.05) is 6.92 Å². The van der Waals surface area contributed by atoms with Crippen LogP contribution in [0, 0.1) is 6.92 Å². The lowest BCUT2D eigenvalue weighted by atomic mass is 9.96. The molecule has 2 aromatic heterocycles. The van der Waals surface area contributed by atoms with Crippen LogP contribution in [0.3, 0.4) is 0 Å². The summed E-state index contributed by atoms with van der Waals surface area (Å²) in [5.74, 6) is 1.31.